The summed E-state index contributed by atoms with van der Waals surface area (Å²) in [7, 11) is 0. The van der Waals surface area contributed by atoms with Crippen LogP contribution < -0.4 is 5.32 Å². The first-order valence-corrected chi connectivity index (χ1v) is 5.74. The Morgan fingerprint density at radius 3 is 2.87 bits per heavy atom. The number of hydrogen-bond donors (Lipinski definition) is 1. The highest BCUT2D eigenvalue weighted by Crippen LogP contribution is 2.25. The highest BCUT2D eigenvalue weighted by molar-refractivity contribution is 9.10. The van der Waals surface area contributed by atoms with Crippen LogP contribution in [0.4, 0.5) is 5.82 Å². The summed E-state index contributed by atoms with van der Waals surface area (Å²) in [5.41, 5.74) is 1.26. The number of nitrogens with zero attached hydrogens (tertiary/aromatic N) is 1. The fraction of sp³-hybridized carbons (Fsp3) is 0.417. The SMILES string of the molecule is C=CC(C)(C)CNc1nccc(C)c1Br. The summed E-state index contributed by atoms with van der Waals surface area (Å²) in [6.07, 6.45) is 3.76. The Morgan fingerprint density at radius 1 is 1.60 bits per heavy atom. The molecule has 1 aromatic rings. The van der Waals surface area contributed by atoms with Crippen molar-refractivity contribution < 1.29 is 0 Å². The largest absolute Gasteiger partial charge is 0.368 e. The summed E-state index contributed by atoms with van der Waals surface area (Å²) >= 11 is 3.52. The number of rotatable bonds is 4. The molecule has 0 aliphatic heterocycles. The minimum absolute atomic E-state index is 0.0743. The normalized spacial score (nSPS) is 11.2. The highest BCUT2D eigenvalue weighted by atomic mass is 79.9. The van der Waals surface area contributed by atoms with Gasteiger partial charge in [-0.3, -0.25) is 0 Å². The van der Waals surface area contributed by atoms with Gasteiger partial charge in [-0.1, -0.05) is 19.9 Å². The van der Waals surface area contributed by atoms with E-state index < -0.39 is 0 Å². The van der Waals surface area contributed by atoms with E-state index >= 15 is 0 Å². The first kappa shape index (κ1) is 12.2. The Kier molecular flexibility index (Phi) is 3.91. The van der Waals surface area contributed by atoms with Crippen LogP contribution >= 0.6 is 15.9 Å². The molecule has 0 unspecified atom stereocenters. The molecular formula is C12H17BrN2. The number of pyridine rings is 1. The van der Waals surface area contributed by atoms with Gasteiger partial charge >= 0.3 is 0 Å². The lowest BCUT2D eigenvalue weighted by Gasteiger charge is -2.21. The molecule has 1 N–H and O–H groups in total. The predicted octanol–water partition coefficient (Wildman–Crippen LogP) is 3.78. The molecule has 0 fully saturated rings. The lowest BCUT2D eigenvalue weighted by molar-refractivity contribution is 0.513. The average molecular weight is 269 g/mol. The summed E-state index contributed by atoms with van der Waals surface area (Å²) in [6, 6.07) is 1.98. The number of aryl methyl sites for hydroxylation is 1. The molecule has 82 valence electrons. The van der Waals surface area contributed by atoms with Gasteiger partial charge < -0.3 is 5.32 Å². The molecule has 1 rings (SSSR count). The molecule has 3 heteroatoms. The standard InChI is InChI=1S/C12H17BrN2/c1-5-12(3,4)8-15-11-10(13)9(2)6-7-14-11/h5-7H,1,8H2,2-4H3,(H,14,15). The van der Waals surface area contributed by atoms with E-state index in [2.05, 4.69) is 53.6 Å². The lowest BCUT2D eigenvalue weighted by atomic mass is 9.94. The van der Waals surface area contributed by atoms with Crippen LogP contribution in [0.2, 0.25) is 0 Å². The molecule has 0 bridgehead atoms. The molecule has 0 saturated heterocycles. The predicted molar refractivity (Wildman–Crippen MR) is 69.1 cm³/mol. The van der Waals surface area contributed by atoms with E-state index in [1.165, 1.54) is 5.56 Å². The summed E-state index contributed by atoms with van der Waals surface area (Å²) in [5.74, 6) is 0.893. The van der Waals surface area contributed by atoms with Crippen molar-refractivity contribution in [1.82, 2.24) is 4.98 Å². The Hall–Kier alpha value is -0.830. The zero-order chi connectivity index (χ0) is 11.5. The second-order valence-electron chi connectivity index (χ2n) is 4.34. The summed E-state index contributed by atoms with van der Waals surface area (Å²) in [5, 5.41) is 3.32. The molecule has 0 spiro atoms. The molecule has 0 atom stereocenters. The Morgan fingerprint density at radius 2 is 2.27 bits per heavy atom. The van der Waals surface area contributed by atoms with Crippen molar-refractivity contribution >= 4 is 21.7 Å². The van der Waals surface area contributed by atoms with Gasteiger partial charge in [0.2, 0.25) is 0 Å². The van der Waals surface area contributed by atoms with Crippen LogP contribution in [0.25, 0.3) is 0 Å². The van der Waals surface area contributed by atoms with Crippen molar-refractivity contribution in [2.45, 2.75) is 20.8 Å². The van der Waals surface area contributed by atoms with Gasteiger partial charge in [-0.15, -0.1) is 6.58 Å². The van der Waals surface area contributed by atoms with Gasteiger partial charge in [0.05, 0.1) is 4.47 Å². The molecular weight excluding hydrogens is 252 g/mol. The number of anilines is 1. The minimum atomic E-state index is 0.0743. The number of aromatic nitrogens is 1. The smallest absolute Gasteiger partial charge is 0.140 e. The van der Waals surface area contributed by atoms with Crippen LogP contribution in [0.5, 0.6) is 0 Å². The minimum Gasteiger partial charge on any atom is -0.368 e. The van der Waals surface area contributed by atoms with Crippen LogP contribution in [-0.2, 0) is 0 Å². The third-order valence-corrected chi connectivity index (χ3v) is 3.35. The van der Waals surface area contributed by atoms with Gasteiger partial charge in [0.1, 0.15) is 5.82 Å². The molecule has 0 aliphatic rings. The maximum Gasteiger partial charge on any atom is 0.140 e. The van der Waals surface area contributed by atoms with Crippen LogP contribution in [0.15, 0.2) is 29.4 Å². The quantitative estimate of drug-likeness (QED) is 0.841. The maximum atomic E-state index is 4.28. The van der Waals surface area contributed by atoms with Crippen molar-refractivity contribution in [2.75, 3.05) is 11.9 Å². The molecule has 0 saturated carbocycles. The zero-order valence-corrected chi connectivity index (χ0v) is 11.1. The fourth-order valence-corrected chi connectivity index (χ4v) is 1.42. The van der Waals surface area contributed by atoms with E-state index in [9.17, 15) is 0 Å². The van der Waals surface area contributed by atoms with Crippen molar-refractivity contribution in [3.05, 3.63) is 35.0 Å². The van der Waals surface area contributed by atoms with Gasteiger partial charge in [-0.05, 0) is 39.9 Å². The Labute approximate surface area is 99.9 Å². The average Bonchev–Trinajstić information content (AvgIpc) is 2.20. The third kappa shape index (κ3) is 3.34. The lowest BCUT2D eigenvalue weighted by Crippen LogP contribution is -2.21. The van der Waals surface area contributed by atoms with Crippen LogP contribution in [0, 0.1) is 12.3 Å². The molecule has 2 nitrogen and oxygen atoms in total. The van der Waals surface area contributed by atoms with Crippen LogP contribution in [0.3, 0.4) is 0 Å². The summed E-state index contributed by atoms with van der Waals surface area (Å²) < 4.78 is 1.03. The van der Waals surface area contributed by atoms with E-state index in [1.807, 2.05) is 18.3 Å². The van der Waals surface area contributed by atoms with E-state index in [-0.39, 0.29) is 5.41 Å². The molecule has 0 aliphatic carbocycles. The van der Waals surface area contributed by atoms with Gasteiger partial charge in [0.15, 0.2) is 0 Å². The second kappa shape index (κ2) is 4.79. The molecule has 0 amide bonds. The maximum absolute atomic E-state index is 4.28. The molecule has 0 aromatic carbocycles. The van der Waals surface area contributed by atoms with Gasteiger partial charge in [0, 0.05) is 12.7 Å². The van der Waals surface area contributed by atoms with E-state index in [0.29, 0.717) is 0 Å². The van der Waals surface area contributed by atoms with Gasteiger partial charge in [0.25, 0.3) is 0 Å². The van der Waals surface area contributed by atoms with Crippen LogP contribution in [-0.4, -0.2) is 11.5 Å². The summed E-state index contributed by atoms with van der Waals surface area (Å²) in [6.45, 7) is 11.0. The summed E-state index contributed by atoms with van der Waals surface area (Å²) in [4.78, 5) is 4.28. The van der Waals surface area contributed by atoms with Crippen LogP contribution in [0.1, 0.15) is 19.4 Å². The topological polar surface area (TPSA) is 24.9 Å². The van der Waals surface area contributed by atoms with E-state index in [1.54, 1.807) is 0 Å². The number of nitrogens with one attached hydrogen (secondary N) is 1. The molecule has 0 radical (unpaired) electrons. The first-order chi connectivity index (χ1) is 6.96. The zero-order valence-electron chi connectivity index (χ0n) is 9.47. The van der Waals surface area contributed by atoms with Crippen molar-refractivity contribution in [3.63, 3.8) is 0 Å². The van der Waals surface area contributed by atoms with E-state index in [0.717, 1.165) is 16.8 Å². The second-order valence-corrected chi connectivity index (χ2v) is 5.13. The Bertz CT molecular complexity index is 359. The van der Waals surface area contributed by atoms with Crippen molar-refractivity contribution in [1.29, 1.82) is 0 Å². The number of hydrogen-bond acceptors (Lipinski definition) is 2. The van der Waals surface area contributed by atoms with E-state index in [4.69, 9.17) is 0 Å². The monoisotopic (exact) mass is 268 g/mol. The third-order valence-electron chi connectivity index (χ3n) is 2.35. The first-order valence-electron chi connectivity index (χ1n) is 4.95. The Balaban J connectivity index is 2.74. The number of halogens is 1. The molecule has 15 heavy (non-hydrogen) atoms. The van der Waals surface area contributed by atoms with Gasteiger partial charge in [-0.2, -0.15) is 0 Å². The highest BCUT2D eigenvalue weighted by Gasteiger charge is 2.13. The molecule has 1 aromatic heterocycles. The molecule has 1 heterocycles. The van der Waals surface area contributed by atoms with Gasteiger partial charge in [-0.25, -0.2) is 4.98 Å². The van der Waals surface area contributed by atoms with Crippen molar-refractivity contribution in [2.24, 2.45) is 5.41 Å². The fourth-order valence-electron chi connectivity index (χ4n) is 1.05. The van der Waals surface area contributed by atoms with Crippen molar-refractivity contribution in [3.8, 4) is 0 Å².